The van der Waals surface area contributed by atoms with Crippen LogP contribution < -0.4 is 9.80 Å². The molecule has 2 fully saturated rings. The molecule has 3 atom stereocenters. The Morgan fingerprint density at radius 3 is 2.61 bits per heavy atom. The molecular weight excluding hydrogens is 550 g/mol. The van der Waals surface area contributed by atoms with Gasteiger partial charge in [0.25, 0.3) is 5.91 Å². The van der Waals surface area contributed by atoms with Crippen molar-refractivity contribution >= 4 is 45.0 Å². The number of hydrogen-bond donors (Lipinski definition) is 2. The number of rotatable bonds is 8. The van der Waals surface area contributed by atoms with Gasteiger partial charge in [0.15, 0.2) is 5.60 Å². The third kappa shape index (κ3) is 4.67. The van der Waals surface area contributed by atoms with E-state index in [2.05, 4.69) is 15.9 Å². The molecule has 2 saturated heterocycles. The molecule has 2 aromatic carbocycles. The van der Waals surface area contributed by atoms with E-state index in [-0.39, 0.29) is 37.4 Å². The minimum atomic E-state index is -1.79. The summed E-state index contributed by atoms with van der Waals surface area (Å²) < 4.78 is 0.753. The van der Waals surface area contributed by atoms with E-state index in [0.29, 0.717) is 24.2 Å². The van der Waals surface area contributed by atoms with Crippen LogP contribution in [0.3, 0.4) is 0 Å². The number of carbonyl (C=O) groups is 3. The zero-order valence-electron chi connectivity index (χ0n) is 21.3. The van der Waals surface area contributed by atoms with Crippen LogP contribution in [0.2, 0.25) is 0 Å². The van der Waals surface area contributed by atoms with Gasteiger partial charge in [-0.25, -0.2) is 0 Å². The zero-order chi connectivity index (χ0) is 27.0. The van der Waals surface area contributed by atoms with Crippen molar-refractivity contribution < 1.29 is 24.6 Å². The maximum absolute atomic E-state index is 13.8. The quantitative estimate of drug-likeness (QED) is 0.367. The van der Waals surface area contributed by atoms with E-state index in [1.54, 1.807) is 39.8 Å². The highest BCUT2D eigenvalue weighted by molar-refractivity contribution is 9.10. The summed E-state index contributed by atoms with van der Waals surface area (Å²) >= 11 is 3.47. The summed E-state index contributed by atoms with van der Waals surface area (Å²) in [6.45, 7) is 3.37. The standard InChI is InChI=1S/C29H32BrN3O5/c1-19(4-2-6-26(35)31-14-3-5-23(31)18-34)29(38)24-16-21(30)9-12-25(24)33(28(29)37)17-20-7-10-22(11-8-20)32-15-13-27(32)36/h2,4,7-12,16,19,23,34,38H,3,5-6,13-15,17-18H2,1H3/b4-2+/t19-,23+,29+/m1/s1. The van der Waals surface area contributed by atoms with Crippen molar-refractivity contribution in [2.45, 2.75) is 50.8 Å². The van der Waals surface area contributed by atoms with Gasteiger partial charge in [-0.15, -0.1) is 0 Å². The Hall–Kier alpha value is -3.01. The van der Waals surface area contributed by atoms with Gasteiger partial charge in [-0.2, -0.15) is 0 Å². The molecule has 0 aliphatic carbocycles. The minimum Gasteiger partial charge on any atom is -0.394 e. The first-order valence-corrected chi connectivity index (χ1v) is 13.8. The number of likely N-dealkylation sites (tertiary alicyclic amines) is 1. The van der Waals surface area contributed by atoms with Gasteiger partial charge in [-0.05, 0) is 48.7 Å². The topological polar surface area (TPSA) is 101 Å². The fraction of sp³-hybridized carbons (Fsp3) is 0.414. The van der Waals surface area contributed by atoms with Crippen LogP contribution in [-0.2, 0) is 26.5 Å². The van der Waals surface area contributed by atoms with E-state index in [1.165, 1.54) is 0 Å². The Balaban J connectivity index is 1.34. The van der Waals surface area contributed by atoms with Gasteiger partial charge in [0.05, 0.1) is 24.9 Å². The number of hydrogen-bond acceptors (Lipinski definition) is 5. The second-order valence-corrected chi connectivity index (χ2v) is 11.2. The SMILES string of the molecule is C[C@H](/C=C/CC(=O)N1CCC[C@H]1CO)[C@@]1(O)C(=O)N(Cc2ccc(N3CCC3=O)cc2)c2ccc(Br)cc21. The van der Waals surface area contributed by atoms with Crippen LogP contribution in [0.15, 0.2) is 59.1 Å². The van der Waals surface area contributed by atoms with Crippen molar-refractivity contribution in [1.82, 2.24) is 4.90 Å². The molecule has 3 aliphatic heterocycles. The fourth-order valence-electron chi connectivity index (χ4n) is 5.61. The number of fused-ring (bicyclic) bond motifs is 1. The number of aliphatic hydroxyl groups excluding tert-OH is 1. The Morgan fingerprint density at radius 1 is 1.18 bits per heavy atom. The average molecular weight is 582 g/mol. The van der Waals surface area contributed by atoms with Crippen LogP contribution in [0.4, 0.5) is 11.4 Å². The predicted octanol–water partition coefficient (Wildman–Crippen LogP) is 3.49. The lowest BCUT2D eigenvalue weighted by atomic mass is 9.83. The van der Waals surface area contributed by atoms with Crippen molar-refractivity contribution in [2.24, 2.45) is 5.92 Å². The fourth-order valence-corrected chi connectivity index (χ4v) is 5.97. The van der Waals surface area contributed by atoms with E-state index in [4.69, 9.17) is 0 Å². The summed E-state index contributed by atoms with van der Waals surface area (Å²) in [5.41, 5.74) is 1.09. The highest BCUT2D eigenvalue weighted by Gasteiger charge is 2.52. The summed E-state index contributed by atoms with van der Waals surface area (Å²) in [6.07, 6.45) is 5.83. The number of halogens is 1. The van der Waals surface area contributed by atoms with Crippen molar-refractivity contribution in [1.29, 1.82) is 0 Å². The molecule has 3 amide bonds. The second kappa shape index (κ2) is 10.6. The van der Waals surface area contributed by atoms with Crippen molar-refractivity contribution in [2.75, 3.05) is 29.5 Å². The zero-order valence-corrected chi connectivity index (χ0v) is 22.9. The largest absolute Gasteiger partial charge is 0.394 e. The van der Waals surface area contributed by atoms with Crippen LogP contribution in [0.1, 0.15) is 43.7 Å². The molecule has 5 rings (SSSR count). The summed E-state index contributed by atoms with van der Waals surface area (Å²) in [5, 5.41) is 21.4. The van der Waals surface area contributed by atoms with E-state index in [0.717, 1.165) is 35.1 Å². The number of anilines is 2. The van der Waals surface area contributed by atoms with Crippen LogP contribution >= 0.6 is 15.9 Å². The molecule has 0 saturated carbocycles. The molecule has 0 radical (unpaired) electrons. The predicted molar refractivity (Wildman–Crippen MR) is 147 cm³/mol. The smallest absolute Gasteiger partial charge is 0.264 e. The molecule has 3 heterocycles. The van der Waals surface area contributed by atoms with Gasteiger partial charge in [-0.1, -0.05) is 47.1 Å². The first-order valence-electron chi connectivity index (χ1n) is 13.0. The number of amides is 3. The first-order chi connectivity index (χ1) is 18.2. The molecule has 0 unspecified atom stereocenters. The summed E-state index contributed by atoms with van der Waals surface area (Å²) in [7, 11) is 0. The van der Waals surface area contributed by atoms with E-state index in [9.17, 15) is 24.6 Å². The molecule has 2 aromatic rings. The molecule has 0 spiro atoms. The van der Waals surface area contributed by atoms with Gasteiger partial charge in [-0.3, -0.25) is 14.4 Å². The number of aliphatic hydroxyl groups is 2. The number of β-lactam (4-membered cyclic amide) rings is 1. The van der Waals surface area contributed by atoms with Crippen molar-refractivity contribution in [3.8, 4) is 0 Å². The maximum atomic E-state index is 13.8. The van der Waals surface area contributed by atoms with Gasteiger partial charge < -0.3 is 24.9 Å². The van der Waals surface area contributed by atoms with Gasteiger partial charge in [0.2, 0.25) is 11.8 Å². The van der Waals surface area contributed by atoms with Gasteiger partial charge >= 0.3 is 0 Å². The molecule has 2 N–H and O–H groups in total. The third-order valence-electron chi connectivity index (χ3n) is 7.95. The lowest BCUT2D eigenvalue weighted by molar-refractivity contribution is -0.139. The Bertz CT molecular complexity index is 1280. The highest BCUT2D eigenvalue weighted by Crippen LogP contribution is 2.46. The van der Waals surface area contributed by atoms with Crippen LogP contribution in [-0.4, -0.2) is 58.6 Å². The van der Waals surface area contributed by atoms with Crippen LogP contribution in [0, 0.1) is 5.92 Å². The van der Waals surface area contributed by atoms with Gasteiger partial charge in [0.1, 0.15) is 0 Å². The lowest BCUT2D eigenvalue weighted by Crippen LogP contribution is -2.44. The first kappa shape index (κ1) is 26.6. The normalized spacial score (nSPS) is 23.8. The van der Waals surface area contributed by atoms with Crippen LogP contribution in [0.5, 0.6) is 0 Å². The summed E-state index contributed by atoms with van der Waals surface area (Å²) in [4.78, 5) is 43.2. The highest BCUT2D eigenvalue weighted by atomic mass is 79.9. The summed E-state index contributed by atoms with van der Waals surface area (Å²) in [5.74, 6) is -0.971. The molecule has 8 nitrogen and oxygen atoms in total. The minimum absolute atomic E-state index is 0.0410. The maximum Gasteiger partial charge on any atom is 0.264 e. The van der Waals surface area contributed by atoms with Crippen molar-refractivity contribution in [3.63, 3.8) is 0 Å². The molecule has 200 valence electrons. The Morgan fingerprint density at radius 2 is 1.95 bits per heavy atom. The van der Waals surface area contributed by atoms with E-state index in [1.807, 2.05) is 36.4 Å². The number of carbonyl (C=O) groups excluding carboxylic acids is 3. The van der Waals surface area contributed by atoms with Crippen LogP contribution in [0.25, 0.3) is 0 Å². The van der Waals surface area contributed by atoms with Crippen molar-refractivity contribution in [3.05, 3.63) is 70.2 Å². The molecule has 9 heteroatoms. The average Bonchev–Trinajstić information content (AvgIpc) is 3.47. The second-order valence-electron chi connectivity index (χ2n) is 10.3. The molecule has 0 aromatic heterocycles. The number of benzene rings is 2. The monoisotopic (exact) mass is 581 g/mol. The third-order valence-corrected chi connectivity index (χ3v) is 8.45. The summed E-state index contributed by atoms with van der Waals surface area (Å²) in [6, 6.07) is 12.9. The van der Waals surface area contributed by atoms with Gasteiger partial charge in [0, 0.05) is 47.6 Å². The Labute approximate surface area is 230 Å². The molecular formula is C29H32BrN3O5. The molecule has 3 aliphatic rings. The van der Waals surface area contributed by atoms with E-state index >= 15 is 0 Å². The molecule has 38 heavy (non-hydrogen) atoms. The lowest BCUT2D eigenvalue weighted by Gasteiger charge is -2.31. The van der Waals surface area contributed by atoms with E-state index < -0.39 is 17.4 Å². The number of nitrogens with zero attached hydrogens (tertiary/aromatic N) is 3. The Kier molecular flexibility index (Phi) is 7.44. The molecule has 0 bridgehead atoms.